The molecule has 1 aromatic carbocycles. The molecule has 0 bridgehead atoms. The van der Waals surface area contributed by atoms with Gasteiger partial charge in [0.05, 0.1) is 6.61 Å². The molecule has 2 rings (SSSR count). The van der Waals surface area contributed by atoms with E-state index in [9.17, 15) is 5.11 Å². The molecule has 0 amide bonds. The van der Waals surface area contributed by atoms with Crippen LogP contribution >= 0.6 is 0 Å². The van der Waals surface area contributed by atoms with Crippen LogP contribution < -0.4 is 5.46 Å². The summed E-state index contributed by atoms with van der Waals surface area (Å²) in [6.45, 7) is -0.0520. The lowest BCUT2D eigenvalue weighted by Gasteiger charge is -2.08. The third-order valence-corrected chi connectivity index (χ3v) is 2.10. The van der Waals surface area contributed by atoms with Crippen LogP contribution in [0, 0.1) is 0 Å². The van der Waals surface area contributed by atoms with Crippen LogP contribution in [0.3, 0.4) is 0 Å². The molecule has 0 spiro atoms. The molecule has 12 heavy (non-hydrogen) atoms. The number of aliphatic hydroxyl groups excluding tert-OH is 2. The standard InChI is InChI=1S/C8H9BO3/c10-4-5-2-1-3-6-7(5)8(11)12-9-6/h1-3,8-11H,4H2. The minimum Gasteiger partial charge on any atom is -0.408 e. The number of aliphatic hydroxyl groups is 2. The van der Waals surface area contributed by atoms with Gasteiger partial charge in [-0.05, 0) is 11.0 Å². The first-order chi connectivity index (χ1) is 5.83. The van der Waals surface area contributed by atoms with Gasteiger partial charge in [-0.15, -0.1) is 0 Å². The van der Waals surface area contributed by atoms with Crippen molar-refractivity contribution in [3.63, 3.8) is 0 Å². The highest BCUT2D eigenvalue weighted by Gasteiger charge is 2.24. The Balaban J connectivity index is 2.53. The van der Waals surface area contributed by atoms with Crippen molar-refractivity contribution in [1.29, 1.82) is 0 Å². The zero-order valence-corrected chi connectivity index (χ0v) is 6.53. The number of hydrogen-bond acceptors (Lipinski definition) is 3. The zero-order valence-electron chi connectivity index (χ0n) is 6.53. The van der Waals surface area contributed by atoms with Crippen molar-refractivity contribution >= 4 is 12.9 Å². The monoisotopic (exact) mass is 164 g/mol. The van der Waals surface area contributed by atoms with Gasteiger partial charge in [0.2, 0.25) is 0 Å². The summed E-state index contributed by atoms with van der Waals surface area (Å²) in [5, 5.41) is 18.3. The predicted octanol–water partition coefficient (Wildman–Crippen LogP) is -0.823. The van der Waals surface area contributed by atoms with Crippen molar-refractivity contribution in [2.24, 2.45) is 0 Å². The topological polar surface area (TPSA) is 49.7 Å². The van der Waals surface area contributed by atoms with Crippen molar-refractivity contribution < 1.29 is 14.9 Å². The summed E-state index contributed by atoms with van der Waals surface area (Å²) in [5.74, 6) is 0. The molecule has 3 nitrogen and oxygen atoms in total. The van der Waals surface area contributed by atoms with Crippen LogP contribution in [0.4, 0.5) is 0 Å². The largest absolute Gasteiger partial charge is 0.408 e. The number of hydrogen-bond donors (Lipinski definition) is 2. The predicted molar refractivity (Wildman–Crippen MR) is 45.2 cm³/mol. The smallest absolute Gasteiger partial charge is 0.312 e. The highest BCUT2D eigenvalue weighted by atomic mass is 16.6. The summed E-state index contributed by atoms with van der Waals surface area (Å²) in [7, 11) is 0.435. The summed E-state index contributed by atoms with van der Waals surface area (Å²) in [6.07, 6.45) is -0.858. The molecule has 0 saturated carbocycles. The lowest BCUT2D eigenvalue weighted by Crippen LogP contribution is -2.12. The average molecular weight is 164 g/mol. The molecule has 0 aromatic heterocycles. The van der Waals surface area contributed by atoms with Gasteiger partial charge >= 0.3 is 7.48 Å². The van der Waals surface area contributed by atoms with E-state index in [1.165, 1.54) is 0 Å². The summed E-state index contributed by atoms with van der Waals surface area (Å²) < 4.78 is 5.01. The Hall–Kier alpha value is -0.835. The van der Waals surface area contributed by atoms with Crippen molar-refractivity contribution in [2.75, 3.05) is 0 Å². The quantitative estimate of drug-likeness (QED) is 0.533. The van der Waals surface area contributed by atoms with E-state index in [0.717, 1.165) is 16.6 Å². The molecular formula is C8H9BO3. The summed E-state index contributed by atoms with van der Waals surface area (Å²) in [4.78, 5) is 0. The number of fused-ring (bicyclic) bond motifs is 1. The van der Waals surface area contributed by atoms with E-state index in [-0.39, 0.29) is 6.61 Å². The second kappa shape index (κ2) is 2.90. The first kappa shape index (κ1) is 7.80. The SMILES string of the molecule is OCc1cccc2c1C(O)OB2. The van der Waals surface area contributed by atoms with E-state index in [2.05, 4.69) is 0 Å². The van der Waals surface area contributed by atoms with Crippen LogP contribution in [-0.2, 0) is 11.3 Å². The van der Waals surface area contributed by atoms with E-state index < -0.39 is 6.29 Å². The second-order valence-electron chi connectivity index (χ2n) is 2.81. The van der Waals surface area contributed by atoms with E-state index in [0.29, 0.717) is 7.48 Å². The van der Waals surface area contributed by atoms with Crippen LogP contribution in [-0.4, -0.2) is 17.7 Å². The van der Waals surface area contributed by atoms with Crippen molar-refractivity contribution in [2.45, 2.75) is 12.9 Å². The van der Waals surface area contributed by atoms with Crippen LogP contribution in [0.1, 0.15) is 17.4 Å². The third kappa shape index (κ3) is 1.05. The van der Waals surface area contributed by atoms with Gasteiger partial charge in [-0.1, -0.05) is 18.2 Å². The Kier molecular flexibility index (Phi) is 1.88. The molecule has 0 aliphatic carbocycles. The molecule has 1 aliphatic rings. The van der Waals surface area contributed by atoms with E-state index in [1.807, 2.05) is 12.1 Å². The van der Waals surface area contributed by atoms with E-state index in [1.54, 1.807) is 6.07 Å². The van der Waals surface area contributed by atoms with Crippen LogP contribution in [0.25, 0.3) is 0 Å². The van der Waals surface area contributed by atoms with Gasteiger partial charge in [0.15, 0.2) is 6.29 Å². The lowest BCUT2D eigenvalue weighted by atomic mass is 9.85. The third-order valence-electron chi connectivity index (χ3n) is 2.10. The normalized spacial score (nSPS) is 20.3. The fourth-order valence-electron chi connectivity index (χ4n) is 1.50. The molecule has 0 fully saturated rings. The van der Waals surface area contributed by atoms with Crippen molar-refractivity contribution in [3.8, 4) is 0 Å². The van der Waals surface area contributed by atoms with Crippen molar-refractivity contribution in [1.82, 2.24) is 0 Å². The highest BCUT2D eigenvalue weighted by Crippen LogP contribution is 2.21. The summed E-state index contributed by atoms with van der Waals surface area (Å²) >= 11 is 0. The van der Waals surface area contributed by atoms with Gasteiger partial charge in [-0.2, -0.15) is 0 Å². The highest BCUT2D eigenvalue weighted by molar-refractivity contribution is 6.49. The average Bonchev–Trinajstić information content (AvgIpc) is 2.48. The maximum Gasteiger partial charge on any atom is 0.312 e. The molecular weight excluding hydrogens is 155 g/mol. The molecule has 1 unspecified atom stereocenters. The fraction of sp³-hybridized carbons (Fsp3) is 0.250. The maximum atomic E-state index is 9.36. The second-order valence-corrected chi connectivity index (χ2v) is 2.81. The number of benzene rings is 1. The molecule has 1 heterocycles. The summed E-state index contributed by atoms with van der Waals surface area (Å²) in [6, 6.07) is 5.53. The van der Waals surface area contributed by atoms with Gasteiger partial charge in [0.25, 0.3) is 0 Å². The van der Waals surface area contributed by atoms with E-state index >= 15 is 0 Å². The Bertz CT molecular complexity index is 300. The Morgan fingerprint density at radius 1 is 1.50 bits per heavy atom. The fourth-order valence-corrected chi connectivity index (χ4v) is 1.50. The maximum absolute atomic E-state index is 9.36. The van der Waals surface area contributed by atoms with Gasteiger partial charge in [-0.25, -0.2) is 0 Å². The molecule has 1 aromatic rings. The Morgan fingerprint density at radius 2 is 2.33 bits per heavy atom. The molecule has 0 radical (unpaired) electrons. The lowest BCUT2D eigenvalue weighted by molar-refractivity contribution is -0.00925. The molecule has 0 saturated heterocycles. The van der Waals surface area contributed by atoms with Crippen LogP contribution in [0.2, 0.25) is 0 Å². The molecule has 1 atom stereocenters. The number of rotatable bonds is 1. The zero-order chi connectivity index (χ0) is 8.55. The molecule has 1 aliphatic heterocycles. The van der Waals surface area contributed by atoms with Gasteiger partial charge in [-0.3, -0.25) is 0 Å². The Morgan fingerprint density at radius 3 is 3.08 bits per heavy atom. The van der Waals surface area contributed by atoms with Gasteiger partial charge < -0.3 is 14.9 Å². The first-order valence-corrected chi connectivity index (χ1v) is 3.84. The van der Waals surface area contributed by atoms with Crippen molar-refractivity contribution in [3.05, 3.63) is 29.3 Å². The minimum atomic E-state index is -0.858. The first-order valence-electron chi connectivity index (χ1n) is 3.84. The molecule has 2 N–H and O–H groups in total. The molecule has 62 valence electrons. The van der Waals surface area contributed by atoms with Gasteiger partial charge in [0.1, 0.15) is 0 Å². The Labute approximate surface area is 70.9 Å². The summed E-state index contributed by atoms with van der Waals surface area (Å²) in [5.41, 5.74) is 2.45. The van der Waals surface area contributed by atoms with Gasteiger partial charge in [0, 0.05) is 5.56 Å². The van der Waals surface area contributed by atoms with Crippen LogP contribution in [0.15, 0.2) is 18.2 Å². The minimum absolute atomic E-state index is 0.0520. The van der Waals surface area contributed by atoms with Crippen LogP contribution in [0.5, 0.6) is 0 Å². The molecule has 4 heteroatoms. The van der Waals surface area contributed by atoms with E-state index in [4.69, 9.17) is 9.76 Å².